The molecule has 0 aliphatic carbocycles. The molecule has 6 rings (SSSR count). The minimum absolute atomic E-state index is 0.0206. The Morgan fingerprint density at radius 3 is 2.74 bits per heavy atom. The monoisotopic (exact) mass is 731 g/mol. The number of allylic oxidation sites excluding steroid dienone is 1. The molecule has 5 aromatic rings. The van der Waals surface area contributed by atoms with Crippen molar-refractivity contribution in [2.24, 2.45) is 17.8 Å². The van der Waals surface area contributed by atoms with Crippen molar-refractivity contribution in [1.29, 1.82) is 0 Å². The zero-order valence-electron chi connectivity index (χ0n) is 28.5. The van der Waals surface area contributed by atoms with Gasteiger partial charge in [-0.2, -0.15) is 5.10 Å². The lowest BCUT2D eigenvalue weighted by Crippen LogP contribution is -2.12. The number of rotatable bonds is 13. The number of aliphatic hydroxyl groups is 1. The molecule has 0 saturated carbocycles. The van der Waals surface area contributed by atoms with Crippen molar-refractivity contribution in [3.8, 4) is 16.9 Å². The zero-order valence-corrected chi connectivity index (χ0v) is 30.9. The van der Waals surface area contributed by atoms with Crippen LogP contribution in [0, 0.1) is 0 Å². The van der Waals surface area contributed by atoms with Gasteiger partial charge in [-0.05, 0) is 67.3 Å². The van der Waals surface area contributed by atoms with E-state index < -0.39 is 5.97 Å². The number of methoxy groups -OCH3 is 1. The number of aliphatic hydroxyl groups excluding tert-OH is 1. The second-order valence-corrected chi connectivity index (χ2v) is 14.8. The van der Waals surface area contributed by atoms with Crippen LogP contribution in [0.25, 0.3) is 32.8 Å². The molecule has 0 bridgehead atoms. The average Bonchev–Trinajstić information content (AvgIpc) is 3.62. The van der Waals surface area contributed by atoms with Gasteiger partial charge in [-0.25, -0.2) is 4.79 Å². The van der Waals surface area contributed by atoms with Crippen molar-refractivity contribution in [2.75, 3.05) is 32.3 Å². The Labute approximate surface area is 305 Å². The topological polar surface area (TPSA) is 128 Å². The Morgan fingerprint density at radius 1 is 1.14 bits per heavy atom. The fourth-order valence-electron chi connectivity index (χ4n) is 6.83. The summed E-state index contributed by atoms with van der Waals surface area (Å²) >= 11 is 10.3. The summed E-state index contributed by atoms with van der Waals surface area (Å²) in [4.78, 5) is 18.5. The van der Waals surface area contributed by atoms with Crippen LogP contribution in [0.3, 0.4) is 0 Å². The molecule has 50 heavy (non-hydrogen) atoms. The van der Waals surface area contributed by atoms with Gasteiger partial charge in [0, 0.05) is 88.4 Å². The number of phenols is 1. The number of thioether (sulfide) groups is 2. The number of carbonyl (C=O) groups is 1. The number of hydrogen-bond donors (Lipinski definition) is 3. The lowest BCUT2D eigenvalue weighted by atomic mass is 9.95. The minimum atomic E-state index is -0.419. The summed E-state index contributed by atoms with van der Waals surface area (Å²) in [6.07, 6.45) is 6.00. The standard InChI is InChI=1S/C38H42ClN5O4S2/c1-41-25(21-50-26-17-23-9-4-5-10-27(23)33(46)19-26)18-24(40)20-49-22-31-35(32-12-6-7-15-44(32)42-31)34-30(39)14-13-29-28(11-8-16-45)37(38(47)48-3)43(2)36(29)34/h4-5,9-10,13-14,17-19,45-46H,6-8,11-12,15-16,20-22,40H2,1-3H3. The van der Waals surface area contributed by atoms with Gasteiger partial charge in [0.1, 0.15) is 11.4 Å². The number of nitrogens with zero attached hydrogens (tertiary/aromatic N) is 4. The van der Waals surface area contributed by atoms with E-state index >= 15 is 0 Å². The Kier molecular flexibility index (Phi) is 11.5. The number of hydrogen-bond acceptors (Lipinski definition) is 9. The molecular formula is C38H42ClN5O4S2. The molecule has 0 fully saturated rings. The third-order valence-electron chi connectivity index (χ3n) is 9.13. The number of phenolic OH excluding ortho intramolecular Hbond substituents is 1. The molecule has 4 N–H and O–H groups in total. The van der Waals surface area contributed by atoms with Gasteiger partial charge >= 0.3 is 5.97 Å². The summed E-state index contributed by atoms with van der Waals surface area (Å²) in [5.74, 6) is 1.67. The van der Waals surface area contributed by atoms with Crippen LogP contribution in [0.5, 0.6) is 5.75 Å². The van der Waals surface area contributed by atoms with Crippen molar-refractivity contribution in [3.05, 3.63) is 88.0 Å². The maximum absolute atomic E-state index is 13.1. The molecule has 0 saturated heterocycles. The second-order valence-electron chi connectivity index (χ2n) is 12.4. The van der Waals surface area contributed by atoms with E-state index in [0.717, 1.165) is 86.2 Å². The van der Waals surface area contributed by atoms with Gasteiger partial charge in [0.15, 0.2) is 0 Å². The third-order valence-corrected chi connectivity index (χ3v) is 11.5. The van der Waals surface area contributed by atoms with Crippen LogP contribution >= 0.6 is 35.1 Å². The number of aromatic nitrogens is 3. The van der Waals surface area contributed by atoms with Gasteiger partial charge in [-0.1, -0.05) is 41.9 Å². The number of aryl methyl sites for hydroxylation is 3. The number of esters is 1. The van der Waals surface area contributed by atoms with Crippen molar-refractivity contribution in [1.82, 2.24) is 14.3 Å². The molecular weight excluding hydrogens is 690 g/mol. The fraction of sp³-hybridized carbons (Fsp3) is 0.342. The van der Waals surface area contributed by atoms with Crippen molar-refractivity contribution < 1.29 is 19.7 Å². The number of halogens is 1. The summed E-state index contributed by atoms with van der Waals surface area (Å²) in [5, 5.41) is 28.6. The molecule has 1 aliphatic heterocycles. The first-order valence-electron chi connectivity index (χ1n) is 16.7. The molecule has 0 radical (unpaired) electrons. The number of aliphatic imine (C=N–C) groups is 1. The largest absolute Gasteiger partial charge is 0.507 e. The van der Waals surface area contributed by atoms with Crippen LogP contribution in [0.15, 0.2) is 70.2 Å². The minimum Gasteiger partial charge on any atom is -0.507 e. The lowest BCUT2D eigenvalue weighted by Gasteiger charge is -2.16. The van der Waals surface area contributed by atoms with Gasteiger partial charge in [-0.3, -0.25) is 9.67 Å². The van der Waals surface area contributed by atoms with Crippen LogP contribution in [-0.4, -0.2) is 68.5 Å². The summed E-state index contributed by atoms with van der Waals surface area (Å²) in [7, 11) is 5.03. The molecule has 0 atom stereocenters. The van der Waals surface area contributed by atoms with E-state index in [0.29, 0.717) is 46.5 Å². The Morgan fingerprint density at radius 2 is 1.96 bits per heavy atom. The average molecular weight is 732 g/mol. The van der Waals surface area contributed by atoms with Gasteiger partial charge in [-0.15, -0.1) is 23.5 Å². The predicted molar refractivity (Wildman–Crippen MR) is 207 cm³/mol. The van der Waals surface area contributed by atoms with Crippen molar-refractivity contribution >= 4 is 68.5 Å². The first-order chi connectivity index (χ1) is 24.2. The number of benzene rings is 3. The smallest absolute Gasteiger partial charge is 0.354 e. The van der Waals surface area contributed by atoms with E-state index in [4.69, 9.17) is 27.2 Å². The zero-order chi connectivity index (χ0) is 35.4. The predicted octanol–water partition coefficient (Wildman–Crippen LogP) is 7.54. The molecule has 3 heterocycles. The number of nitrogens with two attached hydrogens (primary N) is 1. The molecule has 0 unspecified atom stereocenters. The highest BCUT2D eigenvalue weighted by Crippen LogP contribution is 2.44. The van der Waals surface area contributed by atoms with E-state index in [2.05, 4.69) is 15.7 Å². The van der Waals surface area contributed by atoms with E-state index in [1.807, 2.05) is 54.1 Å². The van der Waals surface area contributed by atoms with Crippen LogP contribution in [-0.2, 0) is 36.9 Å². The third kappa shape index (κ3) is 7.28. The van der Waals surface area contributed by atoms with Gasteiger partial charge < -0.3 is 25.3 Å². The number of ether oxygens (including phenoxy) is 1. The summed E-state index contributed by atoms with van der Waals surface area (Å²) in [5.41, 5.74) is 14.3. The summed E-state index contributed by atoms with van der Waals surface area (Å²) in [6.45, 7) is 0.862. The van der Waals surface area contributed by atoms with Crippen LogP contribution in [0.4, 0.5) is 0 Å². The van der Waals surface area contributed by atoms with Gasteiger partial charge in [0.05, 0.1) is 23.3 Å². The molecule has 2 aromatic heterocycles. The molecule has 12 heteroatoms. The highest BCUT2D eigenvalue weighted by Gasteiger charge is 2.29. The Hall–Kier alpha value is -3.90. The van der Waals surface area contributed by atoms with E-state index in [9.17, 15) is 15.0 Å². The first-order valence-corrected chi connectivity index (χ1v) is 19.2. The van der Waals surface area contributed by atoms with Crippen LogP contribution in [0.2, 0.25) is 5.02 Å². The maximum Gasteiger partial charge on any atom is 0.354 e. The normalized spacial score (nSPS) is 13.7. The Bertz CT molecular complexity index is 2120. The Balaban J connectivity index is 1.25. The van der Waals surface area contributed by atoms with E-state index in [-0.39, 0.29) is 12.4 Å². The van der Waals surface area contributed by atoms with Crippen molar-refractivity contribution in [3.63, 3.8) is 0 Å². The fourth-order valence-corrected chi connectivity index (χ4v) is 8.83. The van der Waals surface area contributed by atoms with Crippen molar-refractivity contribution in [2.45, 2.75) is 49.3 Å². The lowest BCUT2D eigenvalue weighted by molar-refractivity contribution is 0.0589. The molecule has 1 aliphatic rings. The maximum atomic E-state index is 13.1. The summed E-state index contributed by atoms with van der Waals surface area (Å²) < 4.78 is 9.21. The quantitative estimate of drug-likeness (QED) is 0.0644. The number of carbonyl (C=O) groups excluding carboxylic acids is 1. The van der Waals surface area contributed by atoms with Crippen LogP contribution in [0.1, 0.15) is 46.7 Å². The van der Waals surface area contributed by atoms with Gasteiger partial charge in [0.2, 0.25) is 0 Å². The highest BCUT2D eigenvalue weighted by molar-refractivity contribution is 8.00. The first kappa shape index (κ1) is 35.9. The molecule has 3 aromatic carbocycles. The SMILES string of the molecule is CN=C(C=C(N)CSCc1nn2c(c1-c1c(Cl)ccc3c(CCCO)c(C(=O)OC)n(C)c13)CCCC2)CSc1cc(O)c2ccccc2c1. The number of aromatic hydroxyl groups is 1. The highest BCUT2D eigenvalue weighted by atomic mass is 35.5. The molecule has 0 amide bonds. The van der Waals surface area contributed by atoms with Gasteiger partial charge in [0.25, 0.3) is 0 Å². The summed E-state index contributed by atoms with van der Waals surface area (Å²) in [6, 6.07) is 15.5. The van der Waals surface area contributed by atoms with E-state index in [1.165, 1.54) is 7.11 Å². The second kappa shape index (κ2) is 16.0. The van der Waals surface area contributed by atoms with E-state index in [1.54, 1.807) is 36.6 Å². The molecule has 0 spiro atoms. The van der Waals surface area contributed by atoms with Crippen LogP contribution < -0.4 is 5.73 Å². The molecule has 262 valence electrons. The molecule has 9 nitrogen and oxygen atoms in total. The number of fused-ring (bicyclic) bond motifs is 3.